The van der Waals surface area contributed by atoms with E-state index in [1.165, 1.54) is 0 Å². The highest BCUT2D eigenvalue weighted by molar-refractivity contribution is 5.64. The van der Waals surface area contributed by atoms with Gasteiger partial charge in [-0.25, -0.2) is 0 Å². The van der Waals surface area contributed by atoms with Crippen molar-refractivity contribution in [2.45, 2.75) is 13.5 Å². The Hall–Kier alpha value is -2.41. The zero-order chi connectivity index (χ0) is 14.0. The Morgan fingerprint density at radius 2 is 2.26 bits per heavy atom. The quantitative estimate of drug-likeness (QED) is 0.648. The van der Waals surface area contributed by atoms with E-state index in [4.69, 9.17) is 5.11 Å². The van der Waals surface area contributed by atoms with Crippen molar-refractivity contribution in [1.29, 1.82) is 0 Å². The molecule has 0 aliphatic carbocycles. The summed E-state index contributed by atoms with van der Waals surface area (Å²) in [6, 6.07) is 7.04. The summed E-state index contributed by atoms with van der Waals surface area (Å²) in [6.45, 7) is 1.62. The van der Waals surface area contributed by atoms with E-state index >= 15 is 0 Å². The van der Waals surface area contributed by atoms with Crippen LogP contribution in [0.3, 0.4) is 0 Å². The smallest absolute Gasteiger partial charge is 0.392 e. The molecule has 7 nitrogen and oxygen atoms in total. The Bertz CT molecular complexity index is 621. The molecule has 0 fully saturated rings. The van der Waals surface area contributed by atoms with Crippen LogP contribution in [0.5, 0.6) is 0 Å². The van der Waals surface area contributed by atoms with E-state index in [1.807, 2.05) is 0 Å². The summed E-state index contributed by atoms with van der Waals surface area (Å²) in [6.07, 6.45) is 0. The maximum atomic E-state index is 11.0. The van der Waals surface area contributed by atoms with Crippen LogP contribution in [-0.2, 0) is 13.7 Å². The maximum absolute atomic E-state index is 11.0. The lowest BCUT2D eigenvalue weighted by Crippen LogP contribution is -2.02. The molecule has 2 N–H and O–H groups in total. The summed E-state index contributed by atoms with van der Waals surface area (Å²) >= 11 is 0. The summed E-state index contributed by atoms with van der Waals surface area (Å²) in [4.78, 5) is 14.3. The normalized spacial score (nSPS) is 10.5. The van der Waals surface area contributed by atoms with Gasteiger partial charge in [0, 0.05) is 19.7 Å². The van der Waals surface area contributed by atoms with Gasteiger partial charge in [0.25, 0.3) is 0 Å². The lowest BCUT2D eigenvalue weighted by atomic mass is 10.2. The Morgan fingerprint density at radius 1 is 1.53 bits per heavy atom. The molecule has 1 heterocycles. The van der Waals surface area contributed by atoms with E-state index in [0.717, 1.165) is 5.56 Å². The summed E-state index contributed by atoms with van der Waals surface area (Å²) in [5.41, 5.74) is 1.39. The van der Waals surface area contributed by atoms with E-state index < -0.39 is 4.92 Å². The summed E-state index contributed by atoms with van der Waals surface area (Å²) in [5, 5.41) is 23.0. The number of hydrogen-bond acceptors (Lipinski definition) is 5. The van der Waals surface area contributed by atoms with Crippen LogP contribution in [0.4, 0.5) is 17.3 Å². The molecule has 0 aliphatic heterocycles. The average molecular weight is 262 g/mol. The zero-order valence-corrected chi connectivity index (χ0v) is 10.6. The van der Waals surface area contributed by atoms with Crippen LogP contribution in [0, 0.1) is 17.0 Å². The summed E-state index contributed by atoms with van der Waals surface area (Å²) in [5.74, 6) is 0.652. The van der Waals surface area contributed by atoms with E-state index in [2.05, 4.69) is 10.3 Å². The molecule has 0 saturated heterocycles. The van der Waals surface area contributed by atoms with Gasteiger partial charge >= 0.3 is 5.82 Å². The molecule has 0 spiro atoms. The second-order valence-corrected chi connectivity index (χ2v) is 4.13. The monoisotopic (exact) mass is 262 g/mol. The van der Waals surface area contributed by atoms with Crippen LogP contribution in [0.25, 0.3) is 0 Å². The van der Waals surface area contributed by atoms with Gasteiger partial charge in [0.1, 0.15) is 0 Å². The standard InChI is InChI=1S/C12H14N4O3/c1-8-13-12(16(18)19)11(15(8)2)14-10-5-3-4-9(6-10)7-17/h3-6,14,17H,7H2,1-2H3. The number of rotatable bonds is 4. The minimum atomic E-state index is -0.523. The van der Waals surface area contributed by atoms with Crippen molar-refractivity contribution in [3.05, 3.63) is 45.8 Å². The highest BCUT2D eigenvalue weighted by Crippen LogP contribution is 2.27. The molecular formula is C12H14N4O3. The second kappa shape index (κ2) is 5.07. The van der Waals surface area contributed by atoms with Crippen LogP contribution >= 0.6 is 0 Å². The fourth-order valence-electron chi connectivity index (χ4n) is 1.74. The third kappa shape index (κ3) is 2.55. The third-order valence-corrected chi connectivity index (χ3v) is 2.85. The third-order valence-electron chi connectivity index (χ3n) is 2.85. The van der Waals surface area contributed by atoms with Crippen molar-refractivity contribution in [2.24, 2.45) is 7.05 Å². The number of aryl methyl sites for hydroxylation is 1. The largest absolute Gasteiger partial charge is 0.407 e. The molecule has 1 aromatic carbocycles. The number of hydrogen-bond donors (Lipinski definition) is 2. The number of nitrogens with zero attached hydrogens (tertiary/aromatic N) is 3. The van der Waals surface area contributed by atoms with Crippen molar-refractivity contribution in [2.75, 3.05) is 5.32 Å². The SMILES string of the molecule is Cc1nc([N+](=O)[O-])c(Nc2cccc(CO)c2)n1C. The molecule has 0 amide bonds. The minimum absolute atomic E-state index is 0.0813. The van der Waals surface area contributed by atoms with Gasteiger partial charge in [-0.1, -0.05) is 12.1 Å². The van der Waals surface area contributed by atoms with Gasteiger partial charge in [0.15, 0.2) is 0 Å². The first-order chi connectivity index (χ1) is 9.02. The van der Waals surface area contributed by atoms with Gasteiger partial charge in [-0.05, 0) is 27.6 Å². The fourth-order valence-corrected chi connectivity index (χ4v) is 1.74. The molecule has 0 saturated carbocycles. The molecule has 1 aromatic heterocycles. The minimum Gasteiger partial charge on any atom is -0.392 e. The van der Waals surface area contributed by atoms with Gasteiger partial charge in [-0.15, -0.1) is 0 Å². The van der Waals surface area contributed by atoms with Gasteiger partial charge in [0.2, 0.25) is 11.6 Å². The van der Waals surface area contributed by atoms with Crippen molar-refractivity contribution >= 4 is 17.3 Å². The Labute approximate surface area is 109 Å². The number of aliphatic hydroxyl groups excluding tert-OH is 1. The molecule has 0 atom stereocenters. The van der Waals surface area contributed by atoms with Gasteiger partial charge in [-0.2, -0.15) is 0 Å². The number of benzene rings is 1. The predicted octanol–water partition coefficient (Wildman–Crippen LogP) is 1.87. The number of aliphatic hydroxyl groups is 1. The van der Waals surface area contributed by atoms with E-state index in [9.17, 15) is 10.1 Å². The summed E-state index contributed by atoms with van der Waals surface area (Å²) in [7, 11) is 1.70. The first-order valence-electron chi connectivity index (χ1n) is 5.67. The van der Waals surface area contributed by atoms with Crippen LogP contribution < -0.4 is 5.32 Å². The van der Waals surface area contributed by atoms with Crippen molar-refractivity contribution in [1.82, 2.24) is 9.55 Å². The molecule has 2 rings (SSSR count). The molecule has 7 heteroatoms. The molecule has 0 bridgehead atoms. The Balaban J connectivity index is 2.39. The molecule has 0 unspecified atom stereocenters. The number of nitrogens with one attached hydrogen (secondary N) is 1. The first kappa shape index (κ1) is 13.0. The second-order valence-electron chi connectivity index (χ2n) is 4.13. The van der Waals surface area contributed by atoms with Crippen LogP contribution in [0.2, 0.25) is 0 Å². The van der Waals surface area contributed by atoms with Crippen LogP contribution in [-0.4, -0.2) is 19.6 Å². The number of imidazole rings is 1. The summed E-state index contributed by atoms with van der Waals surface area (Å²) < 4.78 is 1.61. The number of nitro groups is 1. The molecule has 2 aromatic rings. The van der Waals surface area contributed by atoms with Gasteiger partial charge in [-0.3, -0.25) is 4.57 Å². The molecule has 0 aliphatic rings. The molecule has 19 heavy (non-hydrogen) atoms. The van der Waals surface area contributed by atoms with Gasteiger partial charge < -0.3 is 20.5 Å². The topological polar surface area (TPSA) is 93.2 Å². The Kier molecular flexibility index (Phi) is 3.48. The molecule has 0 radical (unpaired) electrons. The highest BCUT2D eigenvalue weighted by Gasteiger charge is 2.23. The van der Waals surface area contributed by atoms with E-state index in [0.29, 0.717) is 17.3 Å². The van der Waals surface area contributed by atoms with E-state index in [-0.39, 0.29) is 12.4 Å². The molecular weight excluding hydrogens is 248 g/mol. The van der Waals surface area contributed by atoms with Crippen LogP contribution in [0.1, 0.15) is 11.4 Å². The van der Waals surface area contributed by atoms with Crippen molar-refractivity contribution in [3.8, 4) is 0 Å². The lowest BCUT2D eigenvalue weighted by Gasteiger charge is -2.07. The number of aromatic nitrogens is 2. The molecule has 100 valence electrons. The maximum Gasteiger partial charge on any atom is 0.407 e. The van der Waals surface area contributed by atoms with Crippen molar-refractivity contribution in [3.63, 3.8) is 0 Å². The predicted molar refractivity (Wildman–Crippen MR) is 70.2 cm³/mol. The van der Waals surface area contributed by atoms with Crippen molar-refractivity contribution < 1.29 is 10.0 Å². The fraction of sp³-hybridized carbons (Fsp3) is 0.250. The van der Waals surface area contributed by atoms with Crippen LogP contribution in [0.15, 0.2) is 24.3 Å². The lowest BCUT2D eigenvalue weighted by molar-refractivity contribution is -0.388. The zero-order valence-electron chi connectivity index (χ0n) is 10.6. The Morgan fingerprint density at radius 3 is 2.89 bits per heavy atom. The van der Waals surface area contributed by atoms with Gasteiger partial charge in [0.05, 0.1) is 6.61 Å². The average Bonchev–Trinajstić information content (AvgIpc) is 2.67. The van der Waals surface area contributed by atoms with E-state index in [1.54, 1.807) is 42.8 Å². The number of anilines is 2. The first-order valence-corrected chi connectivity index (χ1v) is 5.67. The highest BCUT2D eigenvalue weighted by atomic mass is 16.6.